The molecule has 1 saturated carbocycles. The Labute approximate surface area is 218 Å². The first-order chi connectivity index (χ1) is 18.5. The van der Waals surface area contributed by atoms with Crippen LogP contribution in [0.5, 0.6) is 5.75 Å². The van der Waals surface area contributed by atoms with Crippen molar-refractivity contribution in [1.82, 2.24) is 29.8 Å². The van der Waals surface area contributed by atoms with E-state index in [0.717, 1.165) is 0 Å². The molecule has 2 aliphatic heterocycles. The Morgan fingerprint density at radius 1 is 1.00 bits per heavy atom. The lowest BCUT2D eigenvalue weighted by Gasteiger charge is -2.50. The zero-order valence-corrected chi connectivity index (χ0v) is 20.6. The second-order valence-electron chi connectivity index (χ2n) is 10.6. The van der Waals surface area contributed by atoms with Gasteiger partial charge >= 0.3 is 6.36 Å². The predicted octanol–water partition coefficient (Wildman–Crippen LogP) is 2.55. The minimum absolute atomic E-state index is 0.0714. The van der Waals surface area contributed by atoms with Crippen LogP contribution < -0.4 is 4.74 Å². The van der Waals surface area contributed by atoms with Gasteiger partial charge < -0.3 is 24.2 Å². The summed E-state index contributed by atoms with van der Waals surface area (Å²) < 4.78 is 43.5. The molecule has 4 atom stereocenters. The molecule has 3 fully saturated rings. The number of nitrogens with zero attached hydrogens (tertiary/aromatic N) is 5. The third-order valence-corrected chi connectivity index (χ3v) is 8.63. The summed E-state index contributed by atoms with van der Waals surface area (Å²) in [4.78, 5) is 30.0. The first kappa shape index (κ1) is 23.9. The largest absolute Gasteiger partial charge is 0.573 e. The standard InChI is InChI=1S/C26H23F3N6O4/c1-33-21-5-3-15(39-26(27,28)29)6-14(21)8-22(33)24(37)35-11-18-16-9-34(10-17(16)25(18,38)12-35)23(36)13-2-4-19-20(7-13)31-32-30-19/h2-8,16-18,38H,9-12H2,1H3,(H,30,31,32)/t16-,17+,18?,25?/m0/s1. The average Bonchev–Trinajstić information content (AvgIpc) is 3.65. The molecular formula is C26H23F3N6O4. The highest BCUT2D eigenvalue weighted by molar-refractivity contribution is 5.99. The Morgan fingerprint density at radius 2 is 1.74 bits per heavy atom. The van der Waals surface area contributed by atoms with Gasteiger partial charge in [-0.25, -0.2) is 0 Å². The normalized spacial score (nSPS) is 26.1. The highest BCUT2D eigenvalue weighted by atomic mass is 19.4. The Balaban J connectivity index is 1.07. The molecule has 0 radical (unpaired) electrons. The number of β-amino-alcohol motifs (C(OH)–C–C–N with tert-alkyl or cyclic N) is 1. The van der Waals surface area contributed by atoms with Gasteiger partial charge in [-0.15, -0.1) is 13.2 Å². The number of likely N-dealkylation sites (tertiary alicyclic amines) is 2. The van der Waals surface area contributed by atoms with E-state index < -0.39 is 12.0 Å². The summed E-state index contributed by atoms with van der Waals surface area (Å²) in [6.45, 7) is 1.36. The first-order valence-electron chi connectivity index (χ1n) is 12.5. The molecule has 2 amide bonds. The van der Waals surface area contributed by atoms with Crippen molar-refractivity contribution in [1.29, 1.82) is 0 Å². The van der Waals surface area contributed by atoms with Gasteiger partial charge in [-0.2, -0.15) is 15.4 Å². The number of aromatic nitrogens is 4. The monoisotopic (exact) mass is 540 g/mol. The number of hydrogen-bond acceptors (Lipinski definition) is 6. The molecule has 1 aliphatic carbocycles. The van der Waals surface area contributed by atoms with Gasteiger partial charge in [0.25, 0.3) is 11.8 Å². The lowest BCUT2D eigenvalue weighted by molar-refractivity contribution is -0.274. The molecule has 2 unspecified atom stereocenters. The van der Waals surface area contributed by atoms with Crippen LogP contribution in [0.25, 0.3) is 21.9 Å². The maximum absolute atomic E-state index is 13.5. The van der Waals surface area contributed by atoms with Crippen molar-refractivity contribution >= 4 is 33.8 Å². The molecule has 2 aromatic carbocycles. The number of aromatic amines is 1. The molecule has 202 valence electrons. The van der Waals surface area contributed by atoms with Crippen molar-refractivity contribution < 1.29 is 32.6 Å². The number of benzene rings is 2. The maximum Gasteiger partial charge on any atom is 0.573 e. The number of carbonyl (C=O) groups excluding carboxylic acids is 2. The number of halogens is 3. The highest BCUT2D eigenvalue weighted by Crippen LogP contribution is 2.57. The number of aliphatic hydroxyl groups is 1. The summed E-state index contributed by atoms with van der Waals surface area (Å²) in [5.74, 6) is -1.03. The Morgan fingerprint density at radius 3 is 2.51 bits per heavy atom. The van der Waals surface area contributed by atoms with Crippen molar-refractivity contribution in [2.75, 3.05) is 26.2 Å². The minimum atomic E-state index is -4.81. The van der Waals surface area contributed by atoms with Gasteiger partial charge in [-0.05, 0) is 48.4 Å². The van der Waals surface area contributed by atoms with Gasteiger partial charge in [0.1, 0.15) is 22.5 Å². The van der Waals surface area contributed by atoms with Gasteiger partial charge in [-0.1, -0.05) is 0 Å². The van der Waals surface area contributed by atoms with Gasteiger partial charge in [0.05, 0.1) is 12.1 Å². The number of H-pyrrole nitrogens is 1. The van der Waals surface area contributed by atoms with Crippen molar-refractivity contribution in [3.63, 3.8) is 0 Å². The third-order valence-electron chi connectivity index (χ3n) is 8.63. The van der Waals surface area contributed by atoms with Gasteiger partial charge in [0.2, 0.25) is 0 Å². The van der Waals surface area contributed by atoms with E-state index in [2.05, 4.69) is 20.1 Å². The molecule has 0 spiro atoms. The topological polar surface area (TPSA) is 117 Å². The molecule has 39 heavy (non-hydrogen) atoms. The number of rotatable bonds is 3. The Kier molecular flexibility index (Phi) is 4.88. The maximum atomic E-state index is 13.5. The van der Waals surface area contributed by atoms with Crippen LogP contribution in [0, 0.1) is 17.8 Å². The van der Waals surface area contributed by atoms with Crippen LogP contribution in [0.1, 0.15) is 20.8 Å². The summed E-state index contributed by atoms with van der Waals surface area (Å²) in [6.07, 6.45) is -4.81. The van der Waals surface area contributed by atoms with E-state index in [1.54, 1.807) is 39.6 Å². The van der Waals surface area contributed by atoms with Crippen LogP contribution in [-0.2, 0) is 7.05 Å². The van der Waals surface area contributed by atoms with Crippen LogP contribution in [-0.4, -0.2) is 84.8 Å². The quantitative estimate of drug-likeness (QED) is 0.413. The molecule has 2 N–H and O–H groups in total. The third kappa shape index (κ3) is 3.59. The Hall–Kier alpha value is -4.13. The number of carbonyl (C=O) groups is 2. The molecule has 2 saturated heterocycles. The summed E-state index contributed by atoms with van der Waals surface area (Å²) in [5, 5.41) is 22.6. The zero-order chi connectivity index (χ0) is 27.3. The van der Waals surface area contributed by atoms with Crippen molar-refractivity contribution in [3.8, 4) is 5.75 Å². The fraction of sp³-hybridized carbons (Fsp3) is 0.385. The van der Waals surface area contributed by atoms with E-state index in [1.807, 2.05) is 0 Å². The second kappa shape index (κ2) is 7.94. The molecule has 13 heteroatoms. The first-order valence-corrected chi connectivity index (χ1v) is 12.5. The molecule has 3 aliphatic rings. The van der Waals surface area contributed by atoms with E-state index in [9.17, 15) is 27.9 Å². The lowest BCUT2D eigenvalue weighted by atomic mass is 9.56. The van der Waals surface area contributed by atoms with E-state index in [1.165, 1.54) is 24.3 Å². The number of fused-ring (bicyclic) bond motifs is 6. The van der Waals surface area contributed by atoms with Crippen molar-refractivity contribution in [2.45, 2.75) is 12.0 Å². The number of amides is 2. The fourth-order valence-corrected chi connectivity index (χ4v) is 6.80. The van der Waals surface area contributed by atoms with Crippen molar-refractivity contribution in [3.05, 3.63) is 53.7 Å². The molecule has 4 heterocycles. The van der Waals surface area contributed by atoms with E-state index in [4.69, 9.17) is 0 Å². The Bertz CT molecular complexity index is 1660. The smallest absolute Gasteiger partial charge is 0.406 e. The second-order valence-corrected chi connectivity index (χ2v) is 10.6. The van der Waals surface area contributed by atoms with Crippen LogP contribution >= 0.6 is 0 Å². The van der Waals surface area contributed by atoms with Gasteiger partial charge in [0.15, 0.2) is 0 Å². The zero-order valence-electron chi connectivity index (χ0n) is 20.6. The van der Waals surface area contributed by atoms with E-state index in [-0.39, 0.29) is 41.9 Å². The van der Waals surface area contributed by atoms with E-state index in [0.29, 0.717) is 52.8 Å². The van der Waals surface area contributed by atoms with Crippen molar-refractivity contribution in [2.24, 2.45) is 24.8 Å². The fourth-order valence-electron chi connectivity index (χ4n) is 6.80. The predicted molar refractivity (Wildman–Crippen MR) is 131 cm³/mol. The lowest BCUT2D eigenvalue weighted by Crippen LogP contribution is -2.61. The molecule has 7 rings (SSSR count). The van der Waals surface area contributed by atoms with E-state index >= 15 is 0 Å². The number of nitrogens with one attached hydrogen (secondary N) is 1. The van der Waals surface area contributed by atoms with Crippen LogP contribution in [0.4, 0.5) is 13.2 Å². The minimum Gasteiger partial charge on any atom is -0.406 e. The molecule has 4 aromatic rings. The molecule has 0 bridgehead atoms. The summed E-state index contributed by atoms with van der Waals surface area (Å²) in [6, 6.07) is 10.6. The van der Waals surface area contributed by atoms with Crippen LogP contribution in [0.15, 0.2) is 42.5 Å². The number of alkyl halides is 3. The summed E-state index contributed by atoms with van der Waals surface area (Å²) in [5.41, 5.74) is 1.58. The molecule has 2 aromatic heterocycles. The number of hydrogen-bond donors (Lipinski definition) is 2. The van der Waals surface area contributed by atoms with Crippen LogP contribution in [0.2, 0.25) is 0 Å². The summed E-state index contributed by atoms with van der Waals surface area (Å²) >= 11 is 0. The van der Waals surface area contributed by atoms with Crippen LogP contribution in [0.3, 0.4) is 0 Å². The SMILES string of the molecule is Cn1c(C(=O)N2CC3[C@H]4CN(C(=O)c5ccc6n[nH]nc6c5)C[C@H]4C3(O)C2)cc2cc(OC(F)(F)F)ccc21. The van der Waals surface area contributed by atoms with Gasteiger partial charge in [-0.3, -0.25) is 9.59 Å². The number of ether oxygens (including phenoxy) is 1. The molecule has 10 nitrogen and oxygen atoms in total. The average molecular weight is 541 g/mol. The highest BCUT2D eigenvalue weighted by Gasteiger charge is 2.68. The molecular weight excluding hydrogens is 517 g/mol. The van der Waals surface area contributed by atoms with Gasteiger partial charge in [0, 0.05) is 55.0 Å². The summed E-state index contributed by atoms with van der Waals surface area (Å²) in [7, 11) is 1.67. The number of aryl methyl sites for hydroxylation is 1.